The summed E-state index contributed by atoms with van der Waals surface area (Å²) in [7, 11) is 0. The van der Waals surface area contributed by atoms with Crippen LogP contribution in [0.25, 0.3) is 0 Å². The lowest BCUT2D eigenvalue weighted by Gasteiger charge is -2.06. The number of hydrogen-bond donors (Lipinski definition) is 2. The van der Waals surface area contributed by atoms with Crippen molar-refractivity contribution in [3.63, 3.8) is 0 Å². The molecule has 92 valence electrons. The van der Waals surface area contributed by atoms with Gasteiger partial charge >= 0.3 is 0 Å². The molecule has 0 unspecified atom stereocenters. The fourth-order valence-electron chi connectivity index (χ4n) is 1.67. The number of carbonyl (C=O) groups is 1. The minimum atomic E-state index is 0.127. The Morgan fingerprint density at radius 2 is 1.67 bits per heavy atom. The quantitative estimate of drug-likeness (QED) is 0.624. The predicted molar refractivity (Wildman–Crippen MR) is 72.0 cm³/mol. The molecule has 2 rings (SSSR count). The molecule has 0 aliphatic carbocycles. The lowest BCUT2D eigenvalue weighted by Crippen LogP contribution is -2.08. The zero-order valence-electron chi connectivity index (χ0n) is 9.97. The second-order valence-corrected chi connectivity index (χ2v) is 4.01. The molecule has 18 heavy (non-hydrogen) atoms. The molecule has 3 heteroatoms. The van der Waals surface area contributed by atoms with Crippen LogP contribution in [0.2, 0.25) is 0 Å². The van der Waals surface area contributed by atoms with Gasteiger partial charge in [-0.2, -0.15) is 0 Å². The molecular formula is C15H15NO2. The highest BCUT2D eigenvalue weighted by molar-refractivity contribution is 5.96. The molecule has 0 aromatic heterocycles. The summed E-state index contributed by atoms with van der Waals surface area (Å²) in [6.45, 7) is 0.582. The van der Waals surface area contributed by atoms with Gasteiger partial charge in [0.05, 0.1) is 0 Å². The zero-order chi connectivity index (χ0) is 12.8. The number of nitrogens with one attached hydrogen (secondary N) is 1. The maximum atomic E-state index is 11.8. The molecule has 3 nitrogen and oxygen atoms in total. The lowest BCUT2D eigenvalue weighted by molar-refractivity contribution is 0.0986. The van der Waals surface area contributed by atoms with Crippen LogP contribution in [0.1, 0.15) is 16.8 Å². The van der Waals surface area contributed by atoms with Crippen LogP contribution in [-0.4, -0.2) is 17.4 Å². The predicted octanol–water partition coefficient (Wildman–Crippen LogP) is 3.08. The fraction of sp³-hybridized carbons (Fsp3) is 0.133. The van der Waals surface area contributed by atoms with E-state index in [1.807, 2.05) is 30.3 Å². The van der Waals surface area contributed by atoms with Crippen molar-refractivity contribution in [1.82, 2.24) is 0 Å². The van der Waals surface area contributed by atoms with Gasteiger partial charge in [0.15, 0.2) is 5.78 Å². The third kappa shape index (κ3) is 3.35. The van der Waals surface area contributed by atoms with Gasteiger partial charge in [0.1, 0.15) is 5.75 Å². The van der Waals surface area contributed by atoms with Crippen molar-refractivity contribution in [1.29, 1.82) is 0 Å². The summed E-state index contributed by atoms with van der Waals surface area (Å²) in [5.74, 6) is 0.364. The normalized spacial score (nSPS) is 10.0. The van der Waals surface area contributed by atoms with E-state index in [1.54, 1.807) is 24.3 Å². The van der Waals surface area contributed by atoms with Crippen molar-refractivity contribution in [2.45, 2.75) is 6.42 Å². The van der Waals surface area contributed by atoms with Crippen molar-refractivity contribution in [2.24, 2.45) is 0 Å². The van der Waals surface area contributed by atoms with Crippen LogP contribution in [-0.2, 0) is 0 Å². The summed E-state index contributed by atoms with van der Waals surface area (Å²) in [4.78, 5) is 11.8. The molecule has 0 fully saturated rings. The first-order valence-electron chi connectivity index (χ1n) is 5.87. The summed E-state index contributed by atoms with van der Waals surface area (Å²) in [6, 6.07) is 16.0. The molecule has 0 radical (unpaired) electrons. The molecule has 2 N–H and O–H groups in total. The Kier molecular flexibility index (Phi) is 3.97. The van der Waals surface area contributed by atoms with Crippen LogP contribution in [0.15, 0.2) is 54.6 Å². The zero-order valence-corrected chi connectivity index (χ0v) is 9.97. The standard InChI is InChI=1S/C15H15NO2/c17-14-8-6-13(7-9-14)16-11-10-15(18)12-4-2-1-3-5-12/h1-9,16-17H,10-11H2. The number of aromatic hydroxyl groups is 1. The molecule has 0 atom stereocenters. The van der Waals surface area contributed by atoms with E-state index in [-0.39, 0.29) is 11.5 Å². The van der Waals surface area contributed by atoms with Crippen molar-refractivity contribution in [3.8, 4) is 5.75 Å². The molecule has 0 heterocycles. The van der Waals surface area contributed by atoms with E-state index in [4.69, 9.17) is 5.11 Å². The first-order chi connectivity index (χ1) is 8.75. The Morgan fingerprint density at radius 3 is 2.33 bits per heavy atom. The Hall–Kier alpha value is -2.29. The number of benzene rings is 2. The largest absolute Gasteiger partial charge is 0.508 e. The second-order valence-electron chi connectivity index (χ2n) is 4.01. The highest BCUT2D eigenvalue weighted by atomic mass is 16.3. The Bertz CT molecular complexity index is 506. The maximum Gasteiger partial charge on any atom is 0.164 e. The third-order valence-corrected chi connectivity index (χ3v) is 2.64. The fourth-order valence-corrected chi connectivity index (χ4v) is 1.67. The topological polar surface area (TPSA) is 49.3 Å². The van der Waals surface area contributed by atoms with E-state index in [0.717, 1.165) is 11.3 Å². The van der Waals surface area contributed by atoms with Crippen molar-refractivity contribution in [3.05, 3.63) is 60.2 Å². The average molecular weight is 241 g/mol. The van der Waals surface area contributed by atoms with E-state index in [1.165, 1.54) is 0 Å². The van der Waals surface area contributed by atoms with E-state index in [2.05, 4.69) is 5.32 Å². The van der Waals surface area contributed by atoms with Gasteiger partial charge < -0.3 is 10.4 Å². The third-order valence-electron chi connectivity index (χ3n) is 2.64. The lowest BCUT2D eigenvalue weighted by atomic mass is 10.1. The van der Waals surface area contributed by atoms with Gasteiger partial charge in [0.2, 0.25) is 0 Å². The van der Waals surface area contributed by atoms with Gasteiger partial charge in [-0.05, 0) is 24.3 Å². The van der Waals surface area contributed by atoms with E-state index < -0.39 is 0 Å². The molecule has 0 aliphatic heterocycles. The van der Waals surface area contributed by atoms with Crippen molar-refractivity contribution in [2.75, 3.05) is 11.9 Å². The van der Waals surface area contributed by atoms with Crippen LogP contribution < -0.4 is 5.32 Å². The summed E-state index contributed by atoms with van der Waals surface area (Å²) < 4.78 is 0. The minimum absolute atomic E-state index is 0.127. The van der Waals surface area contributed by atoms with Crippen LogP contribution in [0, 0.1) is 0 Å². The van der Waals surface area contributed by atoms with Gasteiger partial charge in [-0.15, -0.1) is 0 Å². The molecular weight excluding hydrogens is 226 g/mol. The number of phenolic OH excluding ortho intramolecular Hbond substituents is 1. The summed E-state index contributed by atoms with van der Waals surface area (Å²) >= 11 is 0. The van der Waals surface area contributed by atoms with Crippen LogP contribution in [0.5, 0.6) is 5.75 Å². The molecule has 0 bridgehead atoms. The SMILES string of the molecule is O=C(CCNc1ccc(O)cc1)c1ccccc1. The van der Waals surface area contributed by atoms with Gasteiger partial charge in [-0.25, -0.2) is 0 Å². The molecule has 2 aromatic carbocycles. The molecule has 2 aromatic rings. The summed E-state index contributed by atoms with van der Waals surface area (Å²) in [5.41, 5.74) is 1.64. The number of carbonyl (C=O) groups excluding carboxylic acids is 1. The van der Waals surface area contributed by atoms with Gasteiger partial charge in [-0.1, -0.05) is 30.3 Å². The van der Waals surface area contributed by atoms with Crippen molar-refractivity contribution >= 4 is 11.5 Å². The highest BCUT2D eigenvalue weighted by Gasteiger charge is 2.03. The van der Waals surface area contributed by atoms with Crippen LogP contribution in [0.4, 0.5) is 5.69 Å². The molecule has 0 saturated carbocycles. The summed E-state index contributed by atoms with van der Waals surface area (Å²) in [5, 5.41) is 12.3. The maximum absolute atomic E-state index is 11.8. The monoisotopic (exact) mass is 241 g/mol. The number of rotatable bonds is 5. The van der Waals surface area contributed by atoms with Gasteiger partial charge in [-0.3, -0.25) is 4.79 Å². The smallest absolute Gasteiger partial charge is 0.164 e. The average Bonchev–Trinajstić information content (AvgIpc) is 2.42. The molecule has 0 spiro atoms. The second kappa shape index (κ2) is 5.87. The first-order valence-corrected chi connectivity index (χ1v) is 5.87. The Morgan fingerprint density at radius 1 is 1.00 bits per heavy atom. The molecule has 0 saturated heterocycles. The highest BCUT2D eigenvalue weighted by Crippen LogP contribution is 2.13. The first kappa shape index (κ1) is 12.2. The summed E-state index contributed by atoms with van der Waals surface area (Å²) in [6.07, 6.45) is 0.449. The van der Waals surface area contributed by atoms with E-state index in [0.29, 0.717) is 13.0 Å². The van der Waals surface area contributed by atoms with E-state index in [9.17, 15) is 4.79 Å². The van der Waals surface area contributed by atoms with Gasteiger partial charge in [0, 0.05) is 24.2 Å². The number of phenols is 1. The number of ketones is 1. The molecule has 0 aliphatic rings. The Labute approximate surface area is 106 Å². The van der Waals surface area contributed by atoms with Gasteiger partial charge in [0.25, 0.3) is 0 Å². The Balaban J connectivity index is 1.82. The van der Waals surface area contributed by atoms with E-state index >= 15 is 0 Å². The number of Topliss-reactive ketones (excluding diaryl/α,β-unsaturated/α-hetero) is 1. The number of hydrogen-bond acceptors (Lipinski definition) is 3. The minimum Gasteiger partial charge on any atom is -0.508 e. The van der Waals surface area contributed by atoms with Crippen LogP contribution >= 0.6 is 0 Å². The van der Waals surface area contributed by atoms with Crippen LogP contribution in [0.3, 0.4) is 0 Å². The number of anilines is 1. The van der Waals surface area contributed by atoms with Crippen molar-refractivity contribution < 1.29 is 9.90 Å². The molecule has 0 amide bonds.